The summed E-state index contributed by atoms with van der Waals surface area (Å²) in [5, 5.41) is 18.3. The highest BCUT2D eigenvalue weighted by molar-refractivity contribution is 4.99. The molecule has 2 atom stereocenters. The number of alkyl halides is 1. The van der Waals surface area contributed by atoms with Crippen molar-refractivity contribution in [1.29, 1.82) is 0 Å². The molecule has 1 heterocycles. The first-order valence-electron chi connectivity index (χ1n) is 4.36. The van der Waals surface area contributed by atoms with E-state index in [9.17, 15) is 14.6 Å². The molecule has 0 aromatic carbocycles. The average Bonchev–Trinajstić information content (AvgIpc) is 2.59. The van der Waals surface area contributed by atoms with E-state index in [1.165, 1.54) is 0 Å². The predicted molar refractivity (Wildman–Crippen MR) is 41.5 cm³/mol. The molecular weight excluding hydrogens is 161 g/mol. The largest absolute Gasteiger partial charge is 0.389 e. The molecule has 3 nitrogen and oxygen atoms in total. The first-order valence-corrected chi connectivity index (χ1v) is 4.36. The second-order valence-electron chi connectivity index (χ2n) is 3.98. The third-order valence-electron chi connectivity index (χ3n) is 2.63. The molecule has 4 heteroatoms. The van der Waals surface area contributed by atoms with Crippen molar-refractivity contribution in [1.82, 2.24) is 4.90 Å². The number of halogens is 1. The minimum atomic E-state index is -1.01. The predicted octanol–water partition coefficient (Wildman–Crippen LogP) is -0.474. The quantitative estimate of drug-likeness (QED) is 0.596. The summed E-state index contributed by atoms with van der Waals surface area (Å²) in [6.07, 6.45) is -0.106. The molecule has 70 valence electrons. The summed E-state index contributed by atoms with van der Waals surface area (Å²) >= 11 is 0. The van der Waals surface area contributed by atoms with Crippen LogP contribution < -0.4 is 0 Å². The van der Waals surface area contributed by atoms with Crippen molar-refractivity contribution >= 4 is 0 Å². The van der Waals surface area contributed by atoms with Gasteiger partial charge in [0.25, 0.3) is 0 Å². The Kier molecular flexibility index (Phi) is 1.86. The van der Waals surface area contributed by atoms with Crippen molar-refractivity contribution in [3.63, 3.8) is 0 Å². The van der Waals surface area contributed by atoms with E-state index in [1.54, 1.807) is 4.90 Å². The van der Waals surface area contributed by atoms with Gasteiger partial charge < -0.3 is 10.2 Å². The third kappa shape index (κ3) is 1.60. The maximum absolute atomic E-state index is 13.2. The second-order valence-corrected chi connectivity index (χ2v) is 3.98. The van der Waals surface area contributed by atoms with Gasteiger partial charge in [-0.1, -0.05) is 0 Å². The Hall–Kier alpha value is -0.190. The lowest BCUT2D eigenvalue weighted by molar-refractivity contribution is 0.0572. The van der Waals surface area contributed by atoms with Crippen LogP contribution in [0.4, 0.5) is 4.39 Å². The fraction of sp³-hybridized carbons (Fsp3) is 1.00. The number of hydrogen-bond donors (Lipinski definition) is 2. The summed E-state index contributed by atoms with van der Waals surface area (Å²) < 4.78 is 13.2. The van der Waals surface area contributed by atoms with Gasteiger partial charge in [0.05, 0.1) is 12.2 Å². The van der Waals surface area contributed by atoms with Gasteiger partial charge in [0, 0.05) is 19.6 Å². The van der Waals surface area contributed by atoms with Crippen LogP contribution >= 0.6 is 0 Å². The molecule has 0 spiro atoms. The molecule has 12 heavy (non-hydrogen) atoms. The van der Waals surface area contributed by atoms with E-state index in [0.717, 1.165) is 0 Å². The highest BCUT2D eigenvalue weighted by Gasteiger charge is 2.46. The van der Waals surface area contributed by atoms with Crippen molar-refractivity contribution in [2.75, 3.05) is 19.6 Å². The van der Waals surface area contributed by atoms with E-state index < -0.39 is 17.9 Å². The zero-order valence-electron chi connectivity index (χ0n) is 6.91. The first-order chi connectivity index (χ1) is 5.59. The van der Waals surface area contributed by atoms with Crippen LogP contribution in [0.25, 0.3) is 0 Å². The van der Waals surface area contributed by atoms with Gasteiger partial charge in [-0.25, -0.2) is 4.39 Å². The number of hydrogen-bond acceptors (Lipinski definition) is 3. The van der Waals surface area contributed by atoms with E-state index in [4.69, 9.17) is 0 Å². The molecule has 1 saturated carbocycles. The molecule has 0 radical (unpaired) electrons. The molecule has 2 N–H and O–H groups in total. The molecule has 2 aliphatic rings. The average molecular weight is 175 g/mol. The Bertz CT molecular complexity index is 174. The van der Waals surface area contributed by atoms with Crippen LogP contribution in [0.5, 0.6) is 0 Å². The molecule has 2 fully saturated rings. The van der Waals surface area contributed by atoms with Crippen molar-refractivity contribution in [2.45, 2.75) is 30.7 Å². The molecule has 0 aromatic rings. The monoisotopic (exact) mass is 175 g/mol. The van der Waals surface area contributed by atoms with E-state index in [0.29, 0.717) is 32.5 Å². The topological polar surface area (TPSA) is 43.7 Å². The second kappa shape index (κ2) is 2.65. The molecule has 0 amide bonds. The highest BCUT2D eigenvalue weighted by Crippen LogP contribution is 2.40. The van der Waals surface area contributed by atoms with E-state index >= 15 is 0 Å². The Balaban J connectivity index is 1.83. The van der Waals surface area contributed by atoms with Crippen LogP contribution in [0.15, 0.2) is 0 Å². The fourth-order valence-corrected chi connectivity index (χ4v) is 1.67. The van der Waals surface area contributed by atoms with Crippen LogP contribution in [0.3, 0.4) is 0 Å². The van der Waals surface area contributed by atoms with E-state index in [2.05, 4.69) is 0 Å². The lowest BCUT2D eigenvalue weighted by Crippen LogP contribution is -2.30. The number of nitrogens with zero attached hydrogens (tertiary/aromatic N) is 1. The maximum Gasteiger partial charge on any atom is 0.123 e. The molecule has 2 rings (SSSR count). The molecule has 0 bridgehead atoms. The molecule has 1 saturated heterocycles. The molecular formula is C8H14FNO2. The van der Waals surface area contributed by atoms with Gasteiger partial charge in [0.15, 0.2) is 0 Å². The fourth-order valence-electron chi connectivity index (χ4n) is 1.67. The first kappa shape index (κ1) is 8.41. The number of rotatable bonds is 2. The number of aliphatic hydroxyl groups is 2. The van der Waals surface area contributed by atoms with Gasteiger partial charge in [-0.3, -0.25) is 4.90 Å². The van der Waals surface area contributed by atoms with Gasteiger partial charge in [-0.15, -0.1) is 0 Å². The summed E-state index contributed by atoms with van der Waals surface area (Å²) in [4.78, 5) is 1.79. The van der Waals surface area contributed by atoms with Crippen molar-refractivity contribution in [3.05, 3.63) is 0 Å². The summed E-state index contributed by atoms with van der Waals surface area (Å²) in [6.45, 7) is 1.20. The normalized spacial score (nSPS) is 40.2. The van der Waals surface area contributed by atoms with Gasteiger partial charge in [-0.05, 0) is 12.8 Å². The molecule has 0 unspecified atom stereocenters. The highest BCUT2D eigenvalue weighted by atomic mass is 19.1. The van der Waals surface area contributed by atoms with Gasteiger partial charge in [0.1, 0.15) is 5.67 Å². The van der Waals surface area contributed by atoms with Crippen molar-refractivity contribution in [2.24, 2.45) is 0 Å². The Morgan fingerprint density at radius 1 is 1.25 bits per heavy atom. The number of β-amino-alcohol motifs (C(OH)–C–C–N with tert-alkyl or cyclic N) is 2. The zero-order chi connectivity index (χ0) is 8.77. The van der Waals surface area contributed by atoms with Crippen LogP contribution in [0, 0.1) is 0 Å². The Morgan fingerprint density at radius 3 is 2.17 bits per heavy atom. The summed E-state index contributed by atoms with van der Waals surface area (Å²) in [5.41, 5.74) is -1.01. The summed E-state index contributed by atoms with van der Waals surface area (Å²) in [6, 6.07) is 0. The maximum atomic E-state index is 13.2. The molecule has 1 aliphatic heterocycles. The van der Waals surface area contributed by atoms with Crippen molar-refractivity contribution < 1.29 is 14.6 Å². The standard InChI is InChI=1S/C8H14FNO2/c9-8(1-2-8)5-10-3-6(11)7(12)4-10/h6-7,11-12H,1-5H2/t6-,7+. The van der Waals surface area contributed by atoms with Crippen LogP contribution in [-0.2, 0) is 0 Å². The van der Waals surface area contributed by atoms with E-state index in [1.807, 2.05) is 0 Å². The Morgan fingerprint density at radius 2 is 1.75 bits per heavy atom. The number of aliphatic hydroxyl groups excluding tert-OH is 2. The smallest absolute Gasteiger partial charge is 0.123 e. The molecule has 0 aromatic heterocycles. The summed E-state index contributed by atoms with van der Waals surface area (Å²) in [7, 11) is 0. The Labute approximate surface area is 70.8 Å². The van der Waals surface area contributed by atoms with Gasteiger partial charge in [0.2, 0.25) is 0 Å². The lowest BCUT2D eigenvalue weighted by atomic mass is 10.3. The zero-order valence-corrected chi connectivity index (χ0v) is 6.91. The summed E-state index contributed by atoms with van der Waals surface area (Å²) in [5.74, 6) is 0. The van der Waals surface area contributed by atoms with Crippen LogP contribution in [0.2, 0.25) is 0 Å². The lowest BCUT2D eigenvalue weighted by Gasteiger charge is -2.16. The number of likely N-dealkylation sites (tertiary alicyclic amines) is 1. The SMILES string of the molecule is O[C@@H]1CN(CC2(F)CC2)C[C@@H]1O. The van der Waals surface area contributed by atoms with Crippen LogP contribution in [0.1, 0.15) is 12.8 Å². The van der Waals surface area contributed by atoms with Gasteiger partial charge >= 0.3 is 0 Å². The minimum Gasteiger partial charge on any atom is -0.389 e. The minimum absolute atomic E-state index is 0.376. The van der Waals surface area contributed by atoms with Gasteiger partial charge in [-0.2, -0.15) is 0 Å². The van der Waals surface area contributed by atoms with Crippen molar-refractivity contribution in [3.8, 4) is 0 Å². The molecule has 1 aliphatic carbocycles. The van der Waals surface area contributed by atoms with E-state index in [-0.39, 0.29) is 0 Å². The van der Waals surface area contributed by atoms with Crippen LogP contribution in [-0.4, -0.2) is 52.6 Å². The third-order valence-corrected chi connectivity index (χ3v) is 2.63.